The maximum absolute atomic E-state index is 11.6. The van der Waals surface area contributed by atoms with Crippen LogP contribution in [0, 0.1) is 5.92 Å². The Morgan fingerprint density at radius 3 is 2.24 bits per heavy atom. The van der Waals surface area contributed by atoms with Crippen LogP contribution in [0.4, 0.5) is 4.79 Å². The number of alkyl carbamates (subject to hydrolysis) is 1. The Morgan fingerprint density at radius 1 is 1.35 bits per heavy atom. The molecule has 0 fully saturated rings. The molecule has 0 spiro atoms. The molecule has 0 radical (unpaired) electrons. The van der Waals surface area contributed by atoms with E-state index in [1.807, 2.05) is 13.8 Å². The van der Waals surface area contributed by atoms with Crippen LogP contribution in [0.25, 0.3) is 0 Å². The standard InChI is InChI=1S/C12H20BrNO3/c1-8(2)10(6-9(13)7-15)14-11(16)17-12(3,4)5/h6-8,10H,1-5H3,(H,14,16)/b9-6-. The van der Waals surface area contributed by atoms with Gasteiger partial charge in [0.15, 0.2) is 6.29 Å². The molecule has 0 bridgehead atoms. The lowest BCUT2D eigenvalue weighted by atomic mass is 10.0. The number of ether oxygens (including phenoxy) is 1. The first-order valence-electron chi connectivity index (χ1n) is 5.47. The van der Waals surface area contributed by atoms with Crippen molar-refractivity contribution in [3.05, 3.63) is 10.6 Å². The summed E-state index contributed by atoms with van der Waals surface area (Å²) in [7, 11) is 0. The molecule has 0 aromatic carbocycles. The van der Waals surface area contributed by atoms with Gasteiger partial charge in [-0.25, -0.2) is 4.79 Å². The molecule has 0 aromatic rings. The molecule has 0 saturated carbocycles. The fourth-order valence-electron chi connectivity index (χ4n) is 1.06. The molecule has 0 aliphatic carbocycles. The van der Waals surface area contributed by atoms with Crippen molar-refractivity contribution in [2.75, 3.05) is 0 Å². The molecule has 1 atom stereocenters. The summed E-state index contributed by atoms with van der Waals surface area (Å²) in [6.45, 7) is 9.30. The molecule has 0 rings (SSSR count). The number of aldehydes is 1. The van der Waals surface area contributed by atoms with E-state index >= 15 is 0 Å². The van der Waals surface area contributed by atoms with E-state index < -0.39 is 11.7 Å². The van der Waals surface area contributed by atoms with Gasteiger partial charge in [-0.05, 0) is 48.7 Å². The van der Waals surface area contributed by atoms with Gasteiger partial charge in [-0.3, -0.25) is 4.79 Å². The summed E-state index contributed by atoms with van der Waals surface area (Å²) >= 11 is 3.10. The van der Waals surface area contributed by atoms with Crippen LogP contribution in [0.3, 0.4) is 0 Å². The minimum Gasteiger partial charge on any atom is -0.444 e. The van der Waals surface area contributed by atoms with E-state index in [2.05, 4.69) is 21.2 Å². The van der Waals surface area contributed by atoms with Crippen LogP contribution in [-0.2, 0) is 9.53 Å². The summed E-state index contributed by atoms with van der Waals surface area (Å²) in [6.07, 6.45) is 1.85. The number of nitrogens with one attached hydrogen (secondary N) is 1. The van der Waals surface area contributed by atoms with Crippen molar-refractivity contribution in [1.82, 2.24) is 5.32 Å². The maximum Gasteiger partial charge on any atom is 0.408 e. The van der Waals surface area contributed by atoms with Crippen molar-refractivity contribution < 1.29 is 14.3 Å². The van der Waals surface area contributed by atoms with Crippen LogP contribution in [0.15, 0.2) is 10.6 Å². The number of carbonyl (C=O) groups excluding carboxylic acids is 2. The normalized spacial score (nSPS) is 14.4. The van der Waals surface area contributed by atoms with Crippen LogP contribution in [0.2, 0.25) is 0 Å². The van der Waals surface area contributed by atoms with E-state index in [9.17, 15) is 9.59 Å². The van der Waals surface area contributed by atoms with Crippen LogP contribution >= 0.6 is 15.9 Å². The lowest BCUT2D eigenvalue weighted by Gasteiger charge is -2.24. The van der Waals surface area contributed by atoms with Crippen LogP contribution in [0.1, 0.15) is 34.6 Å². The largest absolute Gasteiger partial charge is 0.444 e. The van der Waals surface area contributed by atoms with Gasteiger partial charge in [-0.15, -0.1) is 0 Å². The zero-order valence-corrected chi connectivity index (χ0v) is 12.5. The molecule has 1 amide bonds. The van der Waals surface area contributed by atoms with Gasteiger partial charge in [0, 0.05) is 0 Å². The molecule has 0 aliphatic heterocycles. The SMILES string of the molecule is CC(C)C(/C=C(\Br)C=O)NC(=O)OC(C)(C)C. The molecule has 0 aromatic heterocycles. The van der Waals surface area contributed by atoms with Gasteiger partial charge < -0.3 is 10.1 Å². The van der Waals surface area contributed by atoms with Gasteiger partial charge >= 0.3 is 6.09 Å². The summed E-state index contributed by atoms with van der Waals surface area (Å²) in [5.41, 5.74) is -0.531. The minimum atomic E-state index is -0.531. The number of rotatable bonds is 4. The third-order valence-electron chi connectivity index (χ3n) is 1.85. The average molecular weight is 306 g/mol. The van der Waals surface area contributed by atoms with E-state index in [4.69, 9.17) is 4.74 Å². The second kappa shape index (κ2) is 6.79. The first kappa shape index (κ1) is 16.2. The average Bonchev–Trinajstić information content (AvgIpc) is 2.13. The van der Waals surface area contributed by atoms with E-state index in [0.29, 0.717) is 10.8 Å². The number of hydrogen-bond acceptors (Lipinski definition) is 3. The van der Waals surface area contributed by atoms with Crippen molar-refractivity contribution in [3.8, 4) is 0 Å². The highest BCUT2D eigenvalue weighted by molar-refractivity contribution is 9.12. The smallest absolute Gasteiger partial charge is 0.408 e. The highest BCUT2D eigenvalue weighted by Gasteiger charge is 2.20. The van der Waals surface area contributed by atoms with Crippen molar-refractivity contribution in [3.63, 3.8) is 0 Å². The van der Waals surface area contributed by atoms with Gasteiger partial charge in [0.25, 0.3) is 0 Å². The molecular weight excluding hydrogens is 286 g/mol. The topological polar surface area (TPSA) is 55.4 Å². The predicted molar refractivity (Wildman–Crippen MR) is 71.1 cm³/mol. The van der Waals surface area contributed by atoms with Crippen LogP contribution in [0.5, 0.6) is 0 Å². The third kappa shape index (κ3) is 7.96. The molecule has 0 aliphatic rings. The van der Waals surface area contributed by atoms with Crippen molar-refractivity contribution in [1.29, 1.82) is 0 Å². The van der Waals surface area contributed by atoms with E-state index in [1.165, 1.54) is 0 Å². The van der Waals surface area contributed by atoms with E-state index in [0.717, 1.165) is 0 Å². The van der Waals surface area contributed by atoms with Gasteiger partial charge in [0.2, 0.25) is 0 Å². The Balaban J connectivity index is 4.57. The van der Waals surface area contributed by atoms with E-state index in [1.54, 1.807) is 26.8 Å². The molecule has 1 unspecified atom stereocenters. The fourth-order valence-corrected chi connectivity index (χ4v) is 1.34. The lowest BCUT2D eigenvalue weighted by molar-refractivity contribution is -0.104. The molecule has 17 heavy (non-hydrogen) atoms. The second-order valence-electron chi connectivity index (χ2n) is 5.09. The number of allylic oxidation sites excluding steroid dienone is 1. The molecule has 4 nitrogen and oxygen atoms in total. The van der Waals surface area contributed by atoms with Gasteiger partial charge in [0.05, 0.1) is 10.5 Å². The summed E-state index contributed by atoms with van der Waals surface area (Å²) in [5.74, 6) is 0.162. The number of amides is 1. The second-order valence-corrected chi connectivity index (χ2v) is 6.00. The summed E-state index contributed by atoms with van der Waals surface area (Å²) in [4.78, 5) is 22.1. The van der Waals surface area contributed by atoms with Gasteiger partial charge in [0.1, 0.15) is 5.60 Å². The highest BCUT2D eigenvalue weighted by atomic mass is 79.9. The lowest BCUT2D eigenvalue weighted by Crippen LogP contribution is -2.40. The fraction of sp³-hybridized carbons (Fsp3) is 0.667. The third-order valence-corrected chi connectivity index (χ3v) is 2.30. The zero-order valence-electron chi connectivity index (χ0n) is 10.9. The first-order chi connectivity index (χ1) is 7.65. The summed E-state index contributed by atoms with van der Waals surface area (Å²) in [5, 5.41) is 2.71. The summed E-state index contributed by atoms with van der Waals surface area (Å²) < 4.78 is 5.56. The minimum absolute atomic E-state index is 0.162. The Labute approximate surface area is 111 Å². The Kier molecular flexibility index (Phi) is 6.45. The molecule has 1 N–H and O–H groups in total. The van der Waals surface area contributed by atoms with Crippen molar-refractivity contribution in [2.24, 2.45) is 5.92 Å². The Bertz CT molecular complexity index is 305. The monoisotopic (exact) mass is 305 g/mol. The Hall–Kier alpha value is -0.840. The van der Waals surface area contributed by atoms with E-state index in [-0.39, 0.29) is 12.0 Å². The number of hydrogen-bond donors (Lipinski definition) is 1. The quantitative estimate of drug-likeness (QED) is 0.641. The van der Waals surface area contributed by atoms with Gasteiger partial charge in [-0.2, -0.15) is 0 Å². The molecule has 0 heterocycles. The molecule has 5 heteroatoms. The number of carbonyl (C=O) groups is 2. The molecular formula is C12H20BrNO3. The first-order valence-corrected chi connectivity index (χ1v) is 6.27. The maximum atomic E-state index is 11.6. The zero-order chi connectivity index (χ0) is 13.6. The van der Waals surface area contributed by atoms with Crippen LogP contribution < -0.4 is 5.32 Å². The Morgan fingerprint density at radius 2 is 1.88 bits per heavy atom. The van der Waals surface area contributed by atoms with Crippen LogP contribution in [-0.4, -0.2) is 24.0 Å². The summed E-state index contributed by atoms with van der Waals surface area (Å²) in [6, 6.07) is -0.246. The molecule has 98 valence electrons. The van der Waals surface area contributed by atoms with Gasteiger partial charge in [-0.1, -0.05) is 13.8 Å². The molecule has 0 saturated heterocycles. The van der Waals surface area contributed by atoms with Crippen molar-refractivity contribution in [2.45, 2.75) is 46.3 Å². The predicted octanol–water partition coefficient (Wildman–Crippen LogP) is 3.01. The number of halogens is 1. The van der Waals surface area contributed by atoms with Crippen molar-refractivity contribution >= 4 is 28.3 Å². The highest BCUT2D eigenvalue weighted by Crippen LogP contribution is 2.12.